The third kappa shape index (κ3) is 4.94. The fourth-order valence-electron chi connectivity index (χ4n) is 2.72. The standard InChI is InChI=1S/C14H30N2O/c1-12(2)9-13-10-16(8-6-7-15-13)14(3,4)11-17-5/h12-13,15H,6-11H2,1-5H3. The molecule has 1 unspecified atom stereocenters. The number of ether oxygens (including phenoxy) is 1. The van der Waals surface area contributed by atoms with E-state index in [0.717, 1.165) is 25.6 Å². The molecule has 1 heterocycles. The van der Waals surface area contributed by atoms with Gasteiger partial charge in [0.1, 0.15) is 0 Å². The SMILES string of the molecule is COCC(C)(C)N1CCCNC(CC(C)C)C1. The fraction of sp³-hybridized carbons (Fsp3) is 1.00. The second-order valence-electron chi connectivity index (χ2n) is 6.33. The van der Waals surface area contributed by atoms with Crippen LogP contribution in [0.1, 0.15) is 40.5 Å². The van der Waals surface area contributed by atoms with Crippen molar-refractivity contribution >= 4 is 0 Å². The van der Waals surface area contributed by atoms with Crippen molar-refractivity contribution in [3.63, 3.8) is 0 Å². The van der Waals surface area contributed by atoms with Crippen LogP contribution in [-0.2, 0) is 4.74 Å². The number of rotatable bonds is 5. The Balaban J connectivity index is 2.59. The van der Waals surface area contributed by atoms with E-state index in [4.69, 9.17) is 4.74 Å². The van der Waals surface area contributed by atoms with Gasteiger partial charge in [-0.3, -0.25) is 4.90 Å². The van der Waals surface area contributed by atoms with Crippen LogP contribution in [0.4, 0.5) is 0 Å². The number of nitrogens with one attached hydrogen (secondary N) is 1. The quantitative estimate of drug-likeness (QED) is 0.799. The Morgan fingerprint density at radius 3 is 2.71 bits per heavy atom. The molecule has 1 aliphatic heterocycles. The van der Waals surface area contributed by atoms with E-state index in [1.807, 2.05) is 0 Å². The molecular formula is C14H30N2O. The largest absolute Gasteiger partial charge is 0.383 e. The van der Waals surface area contributed by atoms with Crippen molar-refractivity contribution in [3.8, 4) is 0 Å². The lowest BCUT2D eigenvalue weighted by molar-refractivity contribution is 0.0315. The predicted octanol–water partition coefficient (Wildman–Crippen LogP) is 2.12. The van der Waals surface area contributed by atoms with Crippen LogP contribution >= 0.6 is 0 Å². The van der Waals surface area contributed by atoms with Crippen molar-refractivity contribution in [1.82, 2.24) is 10.2 Å². The van der Waals surface area contributed by atoms with E-state index in [9.17, 15) is 0 Å². The van der Waals surface area contributed by atoms with Crippen molar-refractivity contribution in [2.45, 2.75) is 52.1 Å². The second kappa shape index (κ2) is 6.72. The van der Waals surface area contributed by atoms with Crippen LogP contribution < -0.4 is 5.32 Å². The molecule has 1 atom stereocenters. The predicted molar refractivity (Wildman–Crippen MR) is 73.4 cm³/mol. The summed E-state index contributed by atoms with van der Waals surface area (Å²) in [4.78, 5) is 2.59. The molecule has 3 heteroatoms. The maximum absolute atomic E-state index is 5.35. The summed E-state index contributed by atoms with van der Waals surface area (Å²) in [5.41, 5.74) is 0.149. The van der Waals surface area contributed by atoms with Crippen molar-refractivity contribution in [2.75, 3.05) is 33.4 Å². The van der Waals surface area contributed by atoms with Gasteiger partial charge >= 0.3 is 0 Å². The van der Waals surface area contributed by atoms with Crippen LogP contribution in [0.25, 0.3) is 0 Å². The summed E-state index contributed by atoms with van der Waals surface area (Å²) in [6.07, 6.45) is 2.50. The Morgan fingerprint density at radius 2 is 2.12 bits per heavy atom. The summed E-state index contributed by atoms with van der Waals surface area (Å²) in [5.74, 6) is 0.762. The average Bonchev–Trinajstić information content (AvgIpc) is 2.42. The fourth-order valence-corrected chi connectivity index (χ4v) is 2.72. The van der Waals surface area contributed by atoms with E-state index >= 15 is 0 Å². The molecule has 102 valence electrons. The van der Waals surface area contributed by atoms with Crippen LogP contribution in [0.3, 0.4) is 0 Å². The zero-order chi connectivity index (χ0) is 12.9. The zero-order valence-corrected chi connectivity index (χ0v) is 12.3. The van der Waals surface area contributed by atoms with Crippen molar-refractivity contribution in [1.29, 1.82) is 0 Å². The summed E-state index contributed by atoms with van der Waals surface area (Å²) in [7, 11) is 1.80. The molecule has 1 aliphatic rings. The van der Waals surface area contributed by atoms with Gasteiger partial charge in [-0.25, -0.2) is 0 Å². The highest BCUT2D eigenvalue weighted by Crippen LogP contribution is 2.19. The first-order valence-corrected chi connectivity index (χ1v) is 6.93. The van der Waals surface area contributed by atoms with Gasteiger partial charge in [0.05, 0.1) is 6.61 Å². The molecule has 0 aromatic rings. The molecule has 0 aromatic carbocycles. The minimum Gasteiger partial charge on any atom is -0.383 e. The van der Waals surface area contributed by atoms with Gasteiger partial charge in [-0.1, -0.05) is 13.8 Å². The molecule has 0 amide bonds. The normalized spacial score (nSPS) is 24.0. The van der Waals surface area contributed by atoms with Crippen LogP contribution in [0.15, 0.2) is 0 Å². The molecule has 1 rings (SSSR count). The first kappa shape index (κ1) is 14.9. The molecule has 1 fully saturated rings. The van der Waals surface area contributed by atoms with E-state index < -0.39 is 0 Å². The smallest absolute Gasteiger partial charge is 0.0641 e. The first-order valence-electron chi connectivity index (χ1n) is 6.93. The summed E-state index contributed by atoms with van der Waals surface area (Å²) in [5, 5.41) is 3.67. The van der Waals surface area contributed by atoms with Crippen molar-refractivity contribution < 1.29 is 4.74 Å². The summed E-state index contributed by atoms with van der Waals surface area (Å²) < 4.78 is 5.35. The highest BCUT2D eigenvalue weighted by atomic mass is 16.5. The van der Waals surface area contributed by atoms with Crippen LogP contribution in [0, 0.1) is 5.92 Å². The summed E-state index contributed by atoms with van der Waals surface area (Å²) >= 11 is 0. The first-order chi connectivity index (χ1) is 7.95. The molecule has 0 aliphatic carbocycles. The van der Waals surface area contributed by atoms with E-state index in [-0.39, 0.29) is 5.54 Å². The van der Waals surface area contributed by atoms with E-state index in [0.29, 0.717) is 6.04 Å². The molecule has 0 radical (unpaired) electrons. The summed E-state index contributed by atoms with van der Waals surface area (Å²) in [6.45, 7) is 13.5. The zero-order valence-electron chi connectivity index (χ0n) is 12.3. The minimum absolute atomic E-state index is 0.149. The molecule has 0 spiro atoms. The average molecular weight is 242 g/mol. The lowest BCUT2D eigenvalue weighted by Crippen LogP contribution is -2.51. The van der Waals surface area contributed by atoms with Gasteiger partial charge in [0.25, 0.3) is 0 Å². The number of methoxy groups -OCH3 is 1. The Morgan fingerprint density at radius 1 is 1.41 bits per heavy atom. The van der Waals surface area contributed by atoms with E-state index in [1.54, 1.807) is 7.11 Å². The van der Waals surface area contributed by atoms with Crippen molar-refractivity contribution in [3.05, 3.63) is 0 Å². The number of nitrogens with zero attached hydrogens (tertiary/aromatic N) is 1. The van der Waals surface area contributed by atoms with Gasteiger partial charge in [-0.15, -0.1) is 0 Å². The van der Waals surface area contributed by atoms with Gasteiger partial charge in [-0.2, -0.15) is 0 Å². The maximum Gasteiger partial charge on any atom is 0.0641 e. The Bertz CT molecular complexity index is 216. The Labute approximate surface area is 107 Å². The lowest BCUT2D eigenvalue weighted by Gasteiger charge is -2.39. The van der Waals surface area contributed by atoms with Crippen LogP contribution in [0.2, 0.25) is 0 Å². The highest BCUT2D eigenvalue weighted by molar-refractivity contribution is 4.87. The lowest BCUT2D eigenvalue weighted by atomic mass is 9.99. The summed E-state index contributed by atoms with van der Waals surface area (Å²) in [6, 6.07) is 0.633. The van der Waals surface area contributed by atoms with E-state index in [1.165, 1.54) is 19.4 Å². The van der Waals surface area contributed by atoms with Gasteiger partial charge in [0, 0.05) is 31.8 Å². The maximum atomic E-state index is 5.35. The highest BCUT2D eigenvalue weighted by Gasteiger charge is 2.30. The monoisotopic (exact) mass is 242 g/mol. The van der Waals surface area contributed by atoms with Crippen LogP contribution in [-0.4, -0.2) is 49.8 Å². The van der Waals surface area contributed by atoms with Crippen LogP contribution in [0.5, 0.6) is 0 Å². The molecule has 1 saturated heterocycles. The molecule has 0 bridgehead atoms. The number of hydrogen-bond donors (Lipinski definition) is 1. The minimum atomic E-state index is 0.149. The molecule has 1 N–H and O–H groups in total. The third-order valence-corrected chi connectivity index (χ3v) is 3.59. The third-order valence-electron chi connectivity index (χ3n) is 3.59. The van der Waals surface area contributed by atoms with Gasteiger partial charge in [-0.05, 0) is 39.2 Å². The topological polar surface area (TPSA) is 24.5 Å². The van der Waals surface area contributed by atoms with Crippen molar-refractivity contribution in [2.24, 2.45) is 5.92 Å². The molecular weight excluding hydrogens is 212 g/mol. The van der Waals surface area contributed by atoms with Gasteiger partial charge < -0.3 is 10.1 Å². The number of hydrogen-bond acceptors (Lipinski definition) is 3. The Kier molecular flexibility index (Phi) is 5.90. The van der Waals surface area contributed by atoms with Gasteiger partial charge in [0.15, 0.2) is 0 Å². The second-order valence-corrected chi connectivity index (χ2v) is 6.33. The molecule has 0 saturated carbocycles. The van der Waals surface area contributed by atoms with Gasteiger partial charge in [0.2, 0.25) is 0 Å². The molecule has 0 aromatic heterocycles. The van der Waals surface area contributed by atoms with E-state index in [2.05, 4.69) is 37.9 Å². The molecule has 17 heavy (non-hydrogen) atoms. The Hall–Kier alpha value is -0.120. The molecule has 3 nitrogen and oxygen atoms in total.